The maximum absolute atomic E-state index is 12.7. The summed E-state index contributed by atoms with van der Waals surface area (Å²) in [6, 6.07) is 7.51. The van der Waals surface area contributed by atoms with E-state index in [4.69, 9.17) is 16.2 Å². The summed E-state index contributed by atoms with van der Waals surface area (Å²) in [5.41, 5.74) is 11.8. The summed E-state index contributed by atoms with van der Waals surface area (Å²) in [7, 11) is 5.63. The number of hydrogen-bond donors (Lipinski definition) is 4. The number of rotatable bonds is 17. The third kappa shape index (κ3) is 10.7. The predicted octanol–water partition coefficient (Wildman–Crippen LogP) is 1.86. The Morgan fingerprint density at radius 1 is 1.13 bits per heavy atom. The number of primary amides is 1. The second kappa shape index (κ2) is 16.6. The second-order valence-corrected chi connectivity index (χ2v) is 10.0. The highest BCUT2D eigenvalue weighted by atomic mass is 16.6. The number of carbonyl (C=O) groups excluding carboxylic acids is 3. The summed E-state index contributed by atoms with van der Waals surface area (Å²) >= 11 is 0. The second-order valence-electron chi connectivity index (χ2n) is 10.0. The fourth-order valence-corrected chi connectivity index (χ4v) is 4.68. The van der Waals surface area contributed by atoms with E-state index < -0.39 is 35.7 Å². The van der Waals surface area contributed by atoms with Crippen molar-refractivity contribution in [2.24, 2.45) is 29.2 Å². The molecule has 0 aliphatic heterocycles. The minimum atomic E-state index is -1.64. The number of benzene rings is 1. The lowest BCUT2D eigenvalue weighted by Gasteiger charge is -2.26. The molecule has 0 saturated heterocycles. The van der Waals surface area contributed by atoms with Crippen LogP contribution in [0.25, 0.3) is 0 Å². The number of amides is 3. The standard InChI is InChI=1S/C27H45N5O6/c1-6-21(18(2)17-31(3)4)19-10-9-11-20(16-19)38-27(37)32(5)15-14-30-25(34)22(12-7-8-13-28)23(24(29)33)26(35)36/h9-11,16,18,21-23H,6-8,12-15,17,28H2,1-5H3,(H2,29,33)(H,30,34)(H,35,36)/t18-,21+,22-,23?/m0/s1. The molecule has 11 nitrogen and oxygen atoms in total. The molecular formula is C27H45N5O6. The van der Waals surface area contributed by atoms with Gasteiger partial charge < -0.3 is 36.4 Å². The van der Waals surface area contributed by atoms with Gasteiger partial charge in [-0.1, -0.05) is 32.4 Å². The Balaban J connectivity index is 2.75. The van der Waals surface area contributed by atoms with E-state index in [2.05, 4.69) is 24.1 Å². The van der Waals surface area contributed by atoms with Gasteiger partial charge in [-0.25, -0.2) is 4.79 Å². The zero-order chi connectivity index (χ0) is 28.8. The van der Waals surface area contributed by atoms with Gasteiger partial charge in [-0.3, -0.25) is 14.4 Å². The summed E-state index contributed by atoms with van der Waals surface area (Å²) in [6.07, 6.45) is 1.58. The molecule has 1 rings (SSSR count). The van der Waals surface area contributed by atoms with Crippen molar-refractivity contribution < 1.29 is 29.0 Å². The lowest BCUT2D eigenvalue weighted by molar-refractivity contribution is -0.152. The van der Waals surface area contributed by atoms with Crippen LogP contribution >= 0.6 is 0 Å². The molecule has 214 valence electrons. The molecule has 0 spiro atoms. The fraction of sp³-hybridized carbons (Fsp3) is 0.630. The molecule has 0 aliphatic carbocycles. The third-order valence-electron chi connectivity index (χ3n) is 6.61. The van der Waals surface area contributed by atoms with E-state index in [0.29, 0.717) is 37.0 Å². The molecule has 38 heavy (non-hydrogen) atoms. The van der Waals surface area contributed by atoms with Crippen molar-refractivity contribution in [3.05, 3.63) is 29.8 Å². The molecule has 6 N–H and O–H groups in total. The van der Waals surface area contributed by atoms with E-state index in [-0.39, 0.29) is 19.5 Å². The van der Waals surface area contributed by atoms with Crippen molar-refractivity contribution in [1.82, 2.24) is 15.1 Å². The monoisotopic (exact) mass is 535 g/mol. The highest BCUT2D eigenvalue weighted by molar-refractivity contribution is 6.00. The van der Waals surface area contributed by atoms with Crippen LogP contribution in [0.4, 0.5) is 4.79 Å². The maximum Gasteiger partial charge on any atom is 0.415 e. The van der Waals surface area contributed by atoms with Crippen molar-refractivity contribution >= 4 is 23.9 Å². The largest absolute Gasteiger partial charge is 0.481 e. The Morgan fingerprint density at radius 3 is 2.37 bits per heavy atom. The molecule has 0 heterocycles. The van der Waals surface area contributed by atoms with Crippen LogP contribution in [-0.4, -0.2) is 86.1 Å². The van der Waals surface area contributed by atoms with Gasteiger partial charge in [-0.2, -0.15) is 0 Å². The average molecular weight is 536 g/mol. The summed E-state index contributed by atoms with van der Waals surface area (Å²) in [5.74, 6) is -4.74. The van der Waals surface area contributed by atoms with E-state index in [1.54, 1.807) is 6.07 Å². The summed E-state index contributed by atoms with van der Waals surface area (Å²) < 4.78 is 5.56. The quantitative estimate of drug-likeness (QED) is 0.173. The number of carboxylic acids is 1. The molecular weight excluding hydrogens is 490 g/mol. The topological polar surface area (TPSA) is 168 Å². The van der Waals surface area contributed by atoms with Gasteiger partial charge in [0, 0.05) is 26.7 Å². The van der Waals surface area contributed by atoms with Crippen LogP contribution in [0, 0.1) is 17.8 Å². The third-order valence-corrected chi connectivity index (χ3v) is 6.61. The minimum Gasteiger partial charge on any atom is -0.481 e. The molecule has 4 atom stereocenters. The predicted molar refractivity (Wildman–Crippen MR) is 146 cm³/mol. The van der Waals surface area contributed by atoms with Crippen LogP contribution in [0.1, 0.15) is 51.0 Å². The number of likely N-dealkylation sites (N-methyl/N-ethyl adjacent to an activating group) is 1. The SMILES string of the molecule is CC[C@@H](c1cccc(OC(=O)N(C)CCNC(=O)[C@@H](CCCCN)C(C(N)=O)C(=O)O)c1)[C@@H](C)CN(C)C. The van der Waals surface area contributed by atoms with Gasteiger partial charge in [-0.15, -0.1) is 0 Å². The molecule has 0 bridgehead atoms. The van der Waals surface area contributed by atoms with Crippen molar-refractivity contribution in [3.63, 3.8) is 0 Å². The molecule has 0 saturated carbocycles. The molecule has 0 aromatic heterocycles. The van der Waals surface area contributed by atoms with Gasteiger partial charge in [0.2, 0.25) is 11.8 Å². The van der Waals surface area contributed by atoms with E-state index in [1.165, 1.54) is 11.9 Å². The first-order valence-corrected chi connectivity index (χ1v) is 13.1. The number of unbranched alkanes of at least 4 members (excludes halogenated alkanes) is 1. The van der Waals surface area contributed by atoms with E-state index in [9.17, 15) is 24.3 Å². The number of nitrogens with zero attached hydrogens (tertiary/aromatic N) is 2. The highest BCUT2D eigenvalue weighted by Crippen LogP contribution is 2.30. The van der Waals surface area contributed by atoms with E-state index >= 15 is 0 Å². The first-order chi connectivity index (χ1) is 17.9. The lowest BCUT2D eigenvalue weighted by Crippen LogP contribution is -2.46. The Kier molecular flexibility index (Phi) is 14.4. The number of nitrogens with one attached hydrogen (secondary N) is 1. The van der Waals surface area contributed by atoms with E-state index in [1.807, 2.05) is 32.3 Å². The zero-order valence-corrected chi connectivity index (χ0v) is 23.3. The van der Waals surface area contributed by atoms with Crippen molar-refractivity contribution in [1.29, 1.82) is 0 Å². The molecule has 0 radical (unpaired) electrons. The average Bonchev–Trinajstić information content (AvgIpc) is 2.83. The van der Waals surface area contributed by atoms with Crippen LogP contribution in [-0.2, 0) is 14.4 Å². The lowest BCUT2D eigenvalue weighted by atomic mass is 9.85. The van der Waals surface area contributed by atoms with Crippen LogP contribution in [0.2, 0.25) is 0 Å². The summed E-state index contributed by atoms with van der Waals surface area (Å²) in [6.45, 7) is 5.83. The number of nitrogens with two attached hydrogens (primary N) is 2. The van der Waals surface area contributed by atoms with Gasteiger partial charge in [0.05, 0.1) is 5.92 Å². The zero-order valence-electron chi connectivity index (χ0n) is 23.3. The van der Waals surface area contributed by atoms with Crippen molar-refractivity contribution in [2.75, 3.05) is 47.3 Å². The number of carbonyl (C=O) groups is 4. The first-order valence-electron chi connectivity index (χ1n) is 13.1. The Labute approximate surface area is 225 Å². The molecule has 0 aliphatic rings. The Bertz CT molecular complexity index is 911. The van der Waals surface area contributed by atoms with Gasteiger partial charge in [0.15, 0.2) is 0 Å². The van der Waals surface area contributed by atoms with Crippen LogP contribution < -0.4 is 21.5 Å². The van der Waals surface area contributed by atoms with Crippen LogP contribution in [0.5, 0.6) is 5.75 Å². The van der Waals surface area contributed by atoms with Gasteiger partial charge in [0.1, 0.15) is 11.7 Å². The smallest absolute Gasteiger partial charge is 0.415 e. The molecule has 0 fully saturated rings. The first kappa shape index (κ1) is 32.8. The normalized spacial score (nSPS) is 14.3. The van der Waals surface area contributed by atoms with E-state index in [0.717, 1.165) is 18.5 Å². The highest BCUT2D eigenvalue weighted by Gasteiger charge is 2.37. The molecule has 1 aromatic carbocycles. The fourth-order valence-electron chi connectivity index (χ4n) is 4.68. The number of hydrogen-bond acceptors (Lipinski definition) is 7. The van der Waals surface area contributed by atoms with Crippen molar-refractivity contribution in [2.45, 2.75) is 45.4 Å². The van der Waals surface area contributed by atoms with Gasteiger partial charge >= 0.3 is 12.1 Å². The summed E-state index contributed by atoms with van der Waals surface area (Å²) in [5, 5.41) is 12.0. The van der Waals surface area contributed by atoms with Gasteiger partial charge in [-0.05, 0) is 69.4 Å². The number of aliphatic carboxylic acids is 1. The van der Waals surface area contributed by atoms with Gasteiger partial charge in [0.25, 0.3) is 0 Å². The summed E-state index contributed by atoms with van der Waals surface area (Å²) in [4.78, 5) is 52.1. The minimum absolute atomic E-state index is 0.0446. The van der Waals surface area contributed by atoms with Crippen molar-refractivity contribution in [3.8, 4) is 5.75 Å². The Morgan fingerprint density at radius 2 is 1.82 bits per heavy atom. The molecule has 1 unspecified atom stereocenters. The Hall–Kier alpha value is -3.18. The molecule has 3 amide bonds. The molecule has 11 heteroatoms. The molecule has 1 aromatic rings. The number of ether oxygens (including phenoxy) is 1. The van der Waals surface area contributed by atoms with Crippen LogP contribution in [0.15, 0.2) is 24.3 Å². The maximum atomic E-state index is 12.7. The number of carboxylic acid groups (broad SMARTS) is 1. The van der Waals surface area contributed by atoms with Crippen LogP contribution in [0.3, 0.4) is 0 Å².